The molecule has 1 saturated heterocycles. The maximum absolute atomic E-state index is 11.1. The van der Waals surface area contributed by atoms with E-state index in [0.717, 1.165) is 53.4 Å². The fourth-order valence-corrected chi connectivity index (χ4v) is 4.51. The normalized spacial score (nSPS) is 15.5. The number of carbonyl (C=O) groups is 1. The third kappa shape index (κ3) is 3.64. The second kappa shape index (κ2) is 7.17. The first-order valence-corrected chi connectivity index (χ1v) is 9.65. The Kier molecular flexibility index (Phi) is 4.74. The van der Waals surface area contributed by atoms with Gasteiger partial charge in [-0.2, -0.15) is 0 Å². The summed E-state index contributed by atoms with van der Waals surface area (Å²) in [5.74, 6) is 0.541. The van der Waals surface area contributed by atoms with Crippen LogP contribution in [-0.2, 0) is 6.42 Å². The molecule has 0 atom stereocenters. The number of carboxylic acid groups (broad SMARTS) is 1. The number of hydrogen-bond acceptors (Lipinski definition) is 6. The van der Waals surface area contributed by atoms with Crippen LogP contribution in [0.3, 0.4) is 0 Å². The molecule has 0 spiro atoms. The second-order valence-corrected chi connectivity index (χ2v) is 7.95. The van der Waals surface area contributed by atoms with Crippen molar-refractivity contribution in [1.82, 2.24) is 15.2 Å². The third-order valence-corrected chi connectivity index (χ3v) is 5.94. The van der Waals surface area contributed by atoms with E-state index in [1.165, 1.54) is 0 Å². The maximum atomic E-state index is 11.1. The fraction of sp³-hybridized carbons (Fsp3) is 0.333. The van der Waals surface area contributed by atoms with Gasteiger partial charge in [-0.1, -0.05) is 11.6 Å². The standard InChI is InChI=1S/C18H17ClN4O2S/c19-15-3-4-16(22-21-15)23-7-5-11(6-8-23)9-17-20-13-2-1-12(18(24)25)10-14(13)26-17/h1-4,10-11H,5-9H2,(H,24,25). The summed E-state index contributed by atoms with van der Waals surface area (Å²) in [6.07, 6.45) is 3.07. The Hall–Kier alpha value is -2.25. The summed E-state index contributed by atoms with van der Waals surface area (Å²) in [6.45, 7) is 1.88. The smallest absolute Gasteiger partial charge is 0.335 e. The van der Waals surface area contributed by atoms with Gasteiger partial charge in [-0.3, -0.25) is 0 Å². The van der Waals surface area contributed by atoms with Gasteiger partial charge in [-0.05, 0) is 49.1 Å². The number of hydrogen-bond donors (Lipinski definition) is 1. The van der Waals surface area contributed by atoms with Crippen molar-refractivity contribution >= 4 is 44.9 Å². The van der Waals surface area contributed by atoms with Gasteiger partial charge in [-0.25, -0.2) is 9.78 Å². The van der Waals surface area contributed by atoms with Crippen molar-refractivity contribution in [2.24, 2.45) is 5.92 Å². The minimum atomic E-state index is -0.903. The molecule has 0 amide bonds. The Morgan fingerprint density at radius 2 is 2.04 bits per heavy atom. The molecular weight excluding hydrogens is 372 g/mol. The van der Waals surface area contributed by atoms with E-state index in [0.29, 0.717) is 16.6 Å². The van der Waals surface area contributed by atoms with E-state index >= 15 is 0 Å². The Balaban J connectivity index is 1.40. The van der Waals surface area contributed by atoms with Crippen molar-refractivity contribution in [3.8, 4) is 0 Å². The molecule has 0 bridgehead atoms. The highest BCUT2D eigenvalue weighted by atomic mass is 35.5. The van der Waals surface area contributed by atoms with Crippen molar-refractivity contribution in [3.05, 3.63) is 46.1 Å². The zero-order valence-corrected chi connectivity index (χ0v) is 15.5. The second-order valence-electron chi connectivity index (χ2n) is 6.44. The molecule has 6 nitrogen and oxygen atoms in total. The van der Waals surface area contributed by atoms with Gasteiger partial charge >= 0.3 is 5.97 Å². The molecule has 0 radical (unpaired) electrons. The van der Waals surface area contributed by atoms with Crippen LogP contribution in [0.2, 0.25) is 5.15 Å². The van der Waals surface area contributed by atoms with Crippen molar-refractivity contribution in [1.29, 1.82) is 0 Å². The number of halogens is 1. The van der Waals surface area contributed by atoms with Crippen LogP contribution in [0.5, 0.6) is 0 Å². The van der Waals surface area contributed by atoms with E-state index in [1.807, 2.05) is 6.07 Å². The molecule has 8 heteroatoms. The number of aromatic nitrogens is 3. The molecule has 1 aliphatic heterocycles. The maximum Gasteiger partial charge on any atom is 0.335 e. The van der Waals surface area contributed by atoms with E-state index in [4.69, 9.17) is 16.7 Å². The summed E-state index contributed by atoms with van der Waals surface area (Å²) in [7, 11) is 0. The molecule has 4 rings (SSSR count). The van der Waals surface area contributed by atoms with Crippen LogP contribution in [0.1, 0.15) is 28.2 Å². The molecule has 1 N–H and O–H groups in total. The molecule has 2 aromatic heterocycles. The molecular formula is C18H17ClN4O2S. The SMILES string of the molecule is O=C(O)c1ccc2nc(CC3CCN(c4ccc(Cl)nn4)CC3)sc2c1. The van der Waals surface area contributed by atoms with Crippen LogP contribution in [-0.4, -0.2) is 39.3 Å². The Bertz CT molecular complexity index is 936. The minimum absolute atomic E-state index is 0.310. The molecule has 134 valence electrons. The first-order valence-electron chi connectivity index (χ1n) is 8.45. The lowest BCUT2D eigenvalue weighted by Crippen LogP contribution is -2.34. The summed E-state index contributed by atoms with van der Waals surface area (Å²) >= 11 is 7.39. The monoisotopic (exact) mass is 388 g/mol. The van der Waals surface area contributed by atoms with E-state index in [1.54, 1.807) is 35.6 Å². The first kappa shape index (κ1) is 17.2. The van der Waals surface area contributed by atoms with Crippen molar-refractivity contribution in [3.63, 3.8) is 0 Å². The van der Waals surface area contributed by atoms with Gasteiger partial charge in [0, 0.05) is 19.5 Å². The number of carboxylic acids is 1. The highest BCUT2D eigenvalue weighted by Crippen LogP contribution is 2.29. The number of rotatable bonds is 4. The summed E-state index contributed by atoms with van der Waals surface area (Å²) in [5, 5.41) is 18.6. The van der Waals surface area contributed by atoms with Gasteiger partial charge in [0.15, 0.2) is 11.0 Å². The number of anilines is 1. The number of aromatic carboxylic acids is 1. The number of thiazole rings is 1. The van der Waals surface area contributed by atoms with Crippen molar-refractivity contribution in [2.75, 3.05) is 18.0 Å². The number of benzene rings is 1. The van der Waals surface area contributed by atoms with Gasteiger partial charge in [0.05, 0.1) is 20.8 Å². The van der Waals surface area contributed by atoms with Crippen LogP contribution in [0.4, 0.5) is 5.82 Å². The summed E-state index contributed by atoms with van der Waals surface area (Å²) in [5.41, 5.74) is 1.19. The quantitative estimate of drug-likeness (QED) is 0.730. The molecule has 1 fully saturated rings. The van der Waals surface area contributed by atoms with E-state index in [9.17, 15) is 4.79 Å². The molecule has 26 heavy (non-hydrogen) atoms. The molecule has 3 aromatic rings. The largest absolute Gasteiger partial charge is 0.478 e. The van der Waals surface area contributed by atoms with E-state index in [2.05, 4.69) is 20.1 Å². The lowest BCUT2D eigenvalue weighted by atomic mass is 9.94. The summed E-state index contributed by atoms with van der Waals surface area (Å²) in [4.78, 5) is 18.0. The minimum Gasteiger partial charge on any atom is -0.478 e. The van der Waals surface area contributed by atoms with Crippen LogP contribution in [0.25, 0.3) is 10.2 Å². The number of nitrogens with zero attached hydrogens (tertiary/aromatic N) is 4. The predicted molar refractivity (Wildman–Crippen MR) is 102 cm³/mol. The molecule has 1 aromatic carbocycles. The van der Waals surface area contributed by atoms with Gasteiger partial charge in [0.1, 0.15) is 0 Å². The fourth-order valence-electron chi connectivity index (χ4n) is 3.28. The lowest BCUT2D eigenvalue weighted by Gasteiger charge is -2.32. The van der Waals surface area contributed by atoms with E-state index < -0.39 is 5.97 Å². The Morgan fingerprint density at radius 3 is 2.73 bits per heavy atom. The van der Waals surface area contributed by atoms with Crippen molar-refractivity contribution in [2.45, 2.75) is 19.3 Å². The molecule has 0 unspecified atom stereocenters. The zero-order chi connectivity index (χ0) is 18.1. The Labute approximate surface area is 159 Å². The molecule has 1 aliphatic rings. The molecule has 3 heterocycles. The summed E-state index contributed by atoms with van der Waals surface area (Å²) < 4.78 is 0.939. The summed E-state index contributed by atoms with van der Waals surface area (Å²) in [6, 6.07) is 8.78. The number of piperidine rings is 1. The lowest BCUT2D eigenvalue weighted by molar-refractivity contribution is 0.0697. The van der Waals surface area contributed by atoms with Gasteiger partial charge in [0.2, 0.25) is 0 Å². The van der Waals surface area contributed by atoms with Crippen LogP contribution in [0, 0.1) is 5.92 Å². The molecule has 0 aliphatic carbocycles. The average molecular weight is 389 g/mol. The average Bonchev–Trinajstić information content (AvgIpc) is 3.04. The van der Waals surface area contributed by atoms with Gasteiger partial charge in [0.25, 0.3) is 0 Å². The van der Waals surface area contributed by atoms with E-state index in [-0.39, 0.29) is 0 Å². The van der Waals surface area contributed by atoms with Crippen LogP contribution in [0.15, 0.2) is 30.3 Å². The first-order chi connectivity index (χ1) is 12.6. The Morgan fingerprint density at radius 1 is 1.23 bits per heavy atom. The zero-order valence-electron chi connectivity index (χ0n) is 13.9. The number of fused-ring (bicyclic) bond motifs is 1. The highest BCUT2D eigenvalue weighted by molar-refractivity contribution is 7.18. The topological polar surface area (TPSA) is 79.2 Å². The predicted octanol–water partition coefficient (Wildman–Crippen LogP) is 3.90. The van der Waals surface area contributed by atoms with Crippen LogP contribution < -0.4 is 4.90 Å². The van der Waals surface area contributed by atoms with Crippen molar-refractivity contribution < 1.29 is 9.90 Å². The van der Waals surface area contributed by atoms with Gasteiger partial charge in [-0.15, -0.1) is 21.5 Å². The highest BCUT2D eigenvalue weighted by Gasteiger charge is 2.22. The third-order valence-electron chi connectivity index (χ3n) is 4.70. The van der Waals surface area contributed by atoms with Crippen LogP contribution >= 0.6 is 22.9 Å². The van der Waals surface area contributed by atoms with Gasteiger partial charge < -0.3 is 10.0 Å². The molecule has 0 saturated carbocycles.